The Kier molecular flexibility index (Phi) is 5.45. The topological polar surface area (TPSA) is 50.8 Å². The van der Waals surface area contributed by atoms with Crippen LogP contribution in [0.2, 0.25) is 0 Å². The van der Waals surface area contributed by atoms with Gasteiger partial charge in [0.15, 0.2) is 0 Å². The van der Waals surface area contributed by atoms with E-state index in [0.29, 0.717) is 25.2 Å². The minimum Gasteiger partial charge on any atom is -0.377 e. The van der Waals surface area contributed by atoms with Crippen LogP contribution in [0, 0.1) is 11.8 Å². The van der Waals surface area contributed by atoms with Crippen molar-refractivity contribution in [2.45, 2.75) is 31.8 Å². The van der Waals surface area contributed by atoms with Gasteiger partial charge in [0, 0.05) is 13.1 Å². The van der Waals surface area contributed by atoms with Crippen LogP contribution in [-0.4, -0.2) is 49.9 Å². The number of carbonyl (C=O) groups excluding carboxylic acids is 1. The highest BCUT2D eigenvalue weighted by atomic mass is 35.5. The predicted octanol–water partition coefficient (Wildman–Crippen LogP) is 0.977. The van der Waals surface area contributed by atoms with Gasteiger partial charge in [0.25, 0.3) is 5.91 Å². The molecule has 3 saturated heterocycles. The largest absolute Gasteiger partial charge is 0.377 e. The van der Waals surface area contributed by atoms with Gasteiger partial charge in [0.2, 0.25) is 0 Å². The molecule has 1 amide bonds. The van der Waals surface area contributed by atoms with Crippen molar-refractivity contribution >= 4 is 18.3 Å². The first kappa shape index (κ1) is 15.0. The summed E-state index contributed by atoms with van der Waals surface area (Å²) in [6.45, 7) is 4.00. The Bertz CT molecular complexity index is 310. The van der Waals surface area contributed by atoms with E-state index in [9.17, 15) is 4.79 Å². The number of hydrogen-bond donors (Lipinski definition) is 1. The van der Waals surface area contributed by atoms with E-state index in [4.69, 9.17) is 9.57 Å². The Hall–Kier alpha value is -0.360. The molecule has 1 N–H and O–H groups in total. The smallest absolute Gasteiger partial charge is 0.251 e. The molecule has 3 fully saturated rings. The molecule has 3 aliphatic rings. The van der Waals surface area contributed by atoms with Crippen LogP contribution in [0.1, 0.15) is 25.7 Å². The summed E-state index contributed by atoms with van der Waals surface area (Å²) in [5.74, 6) is 0.606. The van der Waals surface area contributed by atoms with Gasteiger partial charge in [-0.15, -0.1) is 12.4 Å². The molecule has 3 atom stereocenters. The lowest BCUT2D eigenvalue weighted by molar-refractivity contribution is -0.207. The Morgan fingerprint density at radius 2 is 2.21 bits per heavy atom. The van der Waals surface area contributed by atoms with Crippen molar-refractivity contribution in [2.75, 3.05) is 32.8 Å². The third-order valence-corrected chi connectivity index (χ3v) is 4.23. The number of fused-ring (bicyclic) bond motifs is 1. The summed E-state index contributed by atoms with van der Waals surface area (Å²) < 4.78 is 5.86. The van der Waals surface area contributed by atoms with Gasteiger partial charge in [-0.05, 0) is 38.1 Å². The second kappa shape index (κ2) is 6.88. The number of nitrogens with one attached hydrogen (secondary N) is 1. The summed E-state index contributed by atoms with van der Waals surface area (Å²) in [6.07, 6.45) is 4.48. The zero-order valence-corrected chi connectivity index (χ0v) is 12.0. The normalized spacial score (nSPS) is 35.2. The maximum absolute atomic E-state index is 12.3. The van der Waals surface area contributed by atoms with Gasteiger partial charge < -0.3 is 10.1 Å². The Labute approximate surface area is 120 Å². The summed E-state index contributed by atoms with van der Waals surface area (Å²) in [6, 6.07) is 0. The van der Waals surface area contributed by atoms with Crippen LogP contribution in [0.3, 0.4) is 0 Å². The van der Waals surface area contributed by atoms with E-state index in [1.54, 1.807) is 5.06 Å². The van der Waals surface area contributed by atoms with E-state index in [0.717, 1.165) is 45.3 Å². The molecule has 5 nitrogen and oxygen atoms in total. The maximum atomic E-state index is 12.3. The third-order valence-electron chi connectivity index (χ3n) is 4.23. The molecule has 19 heavy (non-hydrogen) atoms. The number of amides is 1. The van der Waals surface area contributed by atoms with Crippen LogP contribution >= 0.6 is 12.4 Å². The molecule has 3 rings (SSSR count). The molecule has 6 heteroatoms. The van der Waals surface area contributed by atoms with Crippen molar-refractivity contribution in [1.29, 1.82) is 0 Å². The highest BCUT2D eigenvalue weighted by molar-refractivity contribution is 5.85. The monoisotopic (exact) mass is 290 g/mol. The molecule has 0 unspecified atom stereocenters. The van der Waals surface area contributed by atoms with Crippen molar-refractivity contribution < 1.29 is 14.4 Å². The lowest BCUT2D eigenvalue weighted by Gasteiger charge is -2.40. The van der Waals surface area contributed by atoms with E-state index in [-0.39, 0.29) is 24.2 Å². The number of piperidine rings is 1. The molecule has 110 valence electrons. The average molecular weight is 291 g/mol. The molecule has 0 radical (unpaired) electrons. The average Bonchev–Trinajstić information content (AvgIpc) is 2.47. The summed E-state index contributed by atoms with van der Waals surface area (Å²) in [5, 5.41) is 4.95. The van der Waals surface area contributed by atoms with E-state index >= 15 is 0 Å². The van der Waals surface area contributed by atoms with Crippen molar-refractivity contribution in [3.05, 3.63) is 0 Å². The van der Waals surface area contributed by atoms with Crippen molar-refractivity contribution in [2.24, 2.45) is 11.8 Å². The SMILES string of the molecule is Cl.O=C([C@@H]1CO[C@@H]2CCNC[C@@H]2C1)N1CCCCO1. The molecule has 0 saturated carbocycles. The second-order valence-corrected chi connectivity index (χ2v) is 5.54. The maximum Gasteiger partial charge on any atom is 0.251 e. The van der Waals surface area contributed by atoms with Crippen molar-refractivity contribution in [1.82, 2.24) is 10.4 Å². The number of rotatable bonds is 1. The number of halogens is 1. The van der Waals surface area contributed by atoms with Crippen LogP contribution in [0.4, 0.5) is 0 Å². The minimum absolute atomic E-state index is 0. The molecule has 0 aliphatic carbocycles. The zero-order chi connectivity index (χ0) is 12.4. The first-order chi connectivity index (χ1) is 8.84. The molecule has 0 aromatic carbocycles. The first-order valence-electron chi connectivity index (χ1n) is 7.11. The number of hydroxylamine groups is 2. The van der Waals surface area contributed by atoms with Gasteiger partial charge in [-0.25, -0.2) is 5.06 Å². The second-order valence-electron chi connectivity index (χ2n) is 5.54. The van der Waals surface area contributed by atoms with E-state index in [1.165, 1.54) is 0 Å². The fraction of sp³-hybridized carbons (Fsp3) is 0.923. The number of ether oxygens (including phenoxy) is 1. The van der Waals surface area contributed by atoms with Gasteiger partial charge in [-0.3, -0.25) is 9.63 Å². The molecular formula is C13H23ClN2O3. The van der Waals surface area contributed by atoms with Gasteiger partial charge >= 0.3 is 0 Å². The molecule has 3 aliphatic heterocycles. The van der Waals surface area contributed by atoms with E-state index < -0.39 is 0 Å². The van der Waals surface area contributed by atoms with Crippen molar-refractivity contribution in [3.63, 3.8) is 0 Å². The molecule has 0 spiro atoms. The molecular weight excluding hydrogens is 268 g/mol. The highest BCUT2D eigenvalue weighted by Gasteiger charge is 2.38. The third kappa shape index (κ3) is 3.40. The standard InChI is InChI=1S/C13H22N2O3.ClH/c16-13(15-5-1-2-6-18-15)11-7-10-8-14-4-3-12(10)17-9-11;/h10-12,14H,1-9H2;1H/t10-,11-,12+;/m0./s1. The van der Waals surface area contributed by atoms with Crippen LogP contribution in [0.25, 0.3) is 0 Å². The van der Waals surface area contributed by atoms with Gasteiger partial charge in [0.05, 0.1) is 25.2 Å². The summed E-state index contributed by atoms with van der Waals surface area (Å²) in [7, 11) is 0. The molecule has 0 aromatic heterocycles. The Morgan fingerprint density at radius 1 is 1.32 bits per heavy atom. The lowest BCUT2D eigenvalue weighted by atomic mass is 9.84. The number of carbonyl (C=O) groups is 1. The van der Waals surface area contributed by atoms with E-state index in [1.807, 2.05) is 0 Å². The lowest BCUT2D eigenvalue weighted by Crippen LogP contribution is -2.50. The van der Waals surface area contributed by atoms with Gasteiger partial charge in [0.1, 0.15) is 0 Å². The summed E-state index contributed by atoms with van der Waals surface area (Å²) >= 11 is 0. The number of nitrogens with zero attached hydrogens (tertiary/aromatic N) is 1. The fourth-order valence-electron chi connectivity index (χ4n) is 3.17. The fourth-order valence-corrected chi connectivity index (χ4v) is 3.17. The minimum atomic E-state index is -0.00995. The number of hydrogen-bond acceptors (Lipinski definition) is 4. The molecule has 3 heterocycles. The molecule has 0 bridgehead atoms. The Balaban J connectivity index is 0.00000133. The van der Waals surface area contributed by atoms with E-state index in [2.05, 4.69) is 5.32 Å². The highest BCUT2D eigenvalue weighted by Crippen LogP contribution is 2.30. The van der Waals surface area contributed by atoms with Crippen LogP contribution in [0.5, 0.6) is 0 Å². The van der Waals surface area contributed by atoms with Crippen LogP contribution in [0.15, 0.2) is 0 Å². The summed E-state index contributed by atoms with van der Waals surface area (Å²) in [5.41, 5.74) is 0. The Morgan fingerprint density at radius 3 is 3.00 bits per heavy atom. The van der Waals surface area contributed by atoms with Crippen molar-refractivity contribution in [3.8, 4) is 0 Å². The van der Waals surface area contributed by atoms with Crippen LogP contribution in [-0.2, 0) is 14.4 Å². The van der Waals surface area contributed by atoms with Gasteiger partial charge in [-0.1, -0.05) is 0 Å². The summed E-state index contributed by atoms with van der Waals surface area (Å²) in [4.78, 5) is 17.8. The first-order valence-corrected chi connectivity index (χ1v) is 7.11. The zero-order valence-electron chi connectivity index (χ0n) is 11.2. The predicted molar refractivity (Wildman–Crippen MR) is 73.0 cm³/mol. The quantitative estimate of drug-likeness (QED) is 0.782. The van der Waals surface area contributed by atoms with Gasteiger partial charge in [-0.2, -0.15) is 0 Å². The molecule has 0 aromatic rings. The van der Waals surface area contributed by atoms with Crippen LogP contribution < -0.4 is 5.32 Å².